The van der Waals surface area contributed by atoms with Crippen molar-refractivity contribution < 1.29 is 14.3 Å². The summed E-state index contributed by atoms with van der Waals surface area (Å²) in [6, 6.07) is 7.60. The molecule has 1 aliphatic heterocycles. The molecule has 124 valence electrons. The van der Waals surface area contributed by atoms with Gasteiger partial charge in [0.05, 0.1) is 19.4 Å². The molecule has 0 spiro atoms. The number of likely N-dealkylation sites (tertiary alicyclic amines) is 1. The summed E-state index contributed by atoms with van der Waals surface area (Å²) in [5.74, 6) is 1.33. The van der Waals surface area contributed by atoms with Crippen molar-refractivity contribution >= 4 is 12.2 Å². The molecule has 0 radical (unpaired) electrons. The van der Waals surface area contributed by atoms with Gasteiger partial charge in [-0.3, -0.25) is 4.90 Å². The molecular weight excluding hydrogens is 314 g/mol. The molecule has 0 bridgehead atoms. The topological polar surface area (TPSA) is 63.7 Å². The summed E-state index contributed by atoms with van der Waals surface area (Å²) in [7, 11) is 0. The highest BCUT2D eigenvalue weighted by Crippen LogP contribution is 2.22. The molecule has 0 aliphatic carbocycles. The van der Waals surface area contributed by atoms with Crippen LogP contribution in [0.3, 0.4) is 0 Å². The number of benzene rings is 1. The number of hydrogen-bond acceptors (Lipinski definition) is 6. The average Bonchev–Trinajstić information content (AvgIpc) is 2.92. The Hall–Kier alpha value is -1.70. The van der Waals surface area contributed by atoms with E-state index in [-0.39, 0.29) is 6.10 Å². The van der Waals surface area contributed by atoms with Gasteiger partial charge in [-0.25, -0.2) is 4.68 Å². The van der Waals surface area contributed by atoms with Crippen LogP contribution >= 0.6 is 12.2 Å². The van der Waals surface area contributed by atoms with Crippen LogP contribution in [0.1, 0.15) is 19.8 Å². The highest BCUT2D eigenvalue weighted by atomic mass is 32.1. The summed E-state index contributed by atoms with van der Waals surface area (Å²) in [5, 5.41) is 14.0. The lowest BCUT2D eigenvalue weighted by Gasteiger charge is -2.28. The Balaban J connectivity index is 1.71. The molecule has 6 nitrogen and oxygen atoms in total. The molecule has 1 aliphatic rings. The molecular formula is C16H21N3O3S. The number of aromatic nitrogens is 2. The lowest BCUT2D eigenvalue weighted by Crippen LogP contribution is -2.37. The lowest BCUT2D eigenvalue weighted by atomic mass is 10.1. The van der Waals surface area contributed by atoms with E-state index in [4.69, 9.17) is 21.4 Å². The zero-order chi connectivity index (χ0) is 16.2. The van der Waals surface area contributed by atoms with Crippen molar-refractivity contribution in [3.63, 3.8) is 0 Å². The SMILES string of the molecule is CCOc1ccc(-c2nn(CN3CCC(O)CC3)c(=S)o2)cc1. The van der Waals surface area contributed by atoms with E-state index in [1.165, 1.54) is 0 Å². The second-order valence-electron chi connectivity index (χ2n) is 5.62. The van der Waals surface area contributed by atoms with Gasteiger partial charge in [0.15, 0.2) is 0 Å². The molecule has 1 fully saturated rings. The largest absolute Gasteiger partial charge is 0.494 e. The first-order valence-corrected chi connectivity index (χ1v) is 8.28. The Morgan fingerprint density at radius 1 is 1.30 bits per heavy atom. The van der Waals surface area contributed by atoms with Crippen LogP contribution in [0.15, 0.2) is 28.7 Å². The third-order valence-electron chi connectivity index (χ3n) is 3.91. The Labute approximate surface area is 140 Å². The monoisotopic (exact) mass is 335 g/mol. The molecule has 2 heterocycles. The number of piperidine rings is 1. The van der Waals surface area contributed by atoms with Gasteiger partial charge in [-0.15, -0.1) is 5.10 Å². The van der Waals surface area contributed by atoms with Crippen LogP contribution in [0.5, 0.6) is 5.75 Å². The van der Waals surface area contributed by atoms with Crippen molar-refractivity contribution in [3.8, 4) is 17.2 Å². The predicted octanol–water partition coefficient (Wildman–Crippen LogP) is 2.69. The van der Waals surface area contributed by atoms with Gasteiger partial charge >= 0.3 is 0 Å². The Morgan fingerprint density at radius 2 is 2.00 bits per heavy atom. The van der Waals surface area contributed by atoms with Gasteiger partial charge in [-0.2, -0.15) is 0 Å². The molecule has 1 aromatic heterocycles. The third-order valence-corrected chi connectivity index (χ3v) is 4.20. The van der Waals surface area contributed by atoms with Crippen molar-refractivity contribution in [1.82, 2.24) is 14.7 Å². The predicted molar refractivity (Wildman–Crippen MR) is 88.7 cm³/mol. The Bertz CT molecular complexity index is 687. The van der Waals surface area contributed by atoms with E-state index in [2.05, 4.69) is 10.00 Å². The Morgan fingerprint density at radius 3 is 2.65 bits per heavy atom. The van der Waals surface area contributed by atoms with E-state index >= 15 is 0 Å². The van der Waals surface area contributed by atoms with E-state index in [1.54, 1.807) is 4.68 Å². The number of aliphatic hydroxyl groups is 1. The van der Waals surface area contributed by atoms with Crippen molar-refractivity contribution in [2.75, 3.05) is 19.7 Å². The van der Waals surface area contributed by atoms with Crippen molar-refractivity contribution in [1.29, 1.82) is 0 Å². The second kappa shape index (κ2) is 7.25. The second-order valence-corrected chi connectivity index (χ2v) is 5.97. The van der Waals surface area contributed by atoms with Crippen LogP contribution in [0.4, 0.5) is 0 Å². The van der Waals surface area contributed by atoms with E-state index in [9.17, 15) is 5.11 Å². The maximum atomic E-state index is 9.56. The van der Waals surface area contributed by atoms with Crippen LogP contribution < -0.4 is 4.74 Å². The van der Waals surface area contributed by atoms with Crippen molar-refractivity contribution in [3.05, 3.63) is 29.1 Å². The minimum Gasteiger partial charge on any atom is -0.494 e. The Kier molecular flexibility index (Phi) is 5.09. The number of ether oxygens (including phenoxy) is 1. The maximum absolute atomic E-state index is 9.56. The van der Waals surface area contributed by atoms with Gasteiger partial charge in [0, 0.05) is 18.7 Å². The number of aliphatic hydroxyl groups excluding tert-OH is 1. The van der Waals surface area contributed by atoms with Gasteiger partial charge in [0.1, 0.15) is 5.75 Å². The third kappa shape index (κ3) is 3.99. The van der Waals surface area contributed by atoms with Gasteiger partial charge in [-0.1, -0.05) is 0 Å². The molecule has 1 saturated heterocycles. The zero-order valence-electron chi connectivity index (χ0n) is 13.1. The summed E-state index contributed by atoms with van der Waals surface area (Å²) < 4.78 is 12.7. The van der Waals surface area contributed by atoms with E-state index < -0.39 is 0 Å². The molecule has 3 rings (SSSR count). The molecule has 2 aromatic rings. The van der Waals surface area contributed by atoms with Crippen LogP contribution in [0.2, 0.25) is 0 Å². The highest BCUT2D eigenvalue weighted by molar-refractivity contribution is 7.71. The summed E-state index contributed by atoms with van der Waals surface area (Å²) in [4.78, 5) is 2.58. The quantitative estimate of drug-likeness (QED) is 0.848. The minimum atomic E-state index is -0.184. The first-order chi connectivity index (χ1) is 11.2. The fourth-order valence-corrected chi connectivity index (χ4v) is 2.80. The summed E-state index contributed by atoms with van der Waals surface area (Å²) in [5.41, 5.74) is 0.868. The highest BCUT2D eigenvalue weighted by Gasteiger charge is 2.18. The van der Waals surface area contributed by atoms with Gasteiger partial charge < -0.3 is 14.3 Å². The maximum Gasteiger partial charge on any atom is 0.288 e. The number of nitrogens with zero attached hydrogens (tertiary/aromatic N) is 3. The van der Waals surface area contributed by atoms with Crippen LogP contribution in [-0.2, 0) is 6.67 Å². The minimum absolute atomic E-state index is 0.184. The molecule has 0 saturated carbocycles. The van der Waals surface area contributed by atoms with E-state index in [0.717, 1.165) is 37.2 Å². The van der Waals surface area contributed by atoms with Gasteiger partial charge in [-0.05, 0) is 56.2 Å². The van der Waals surface area contributed by atoms with Crippen molar-refractivity contribution in [2.45, 2.75) is 32.5 Å². The van der Waals surface area contributed by atoms with E-state index in [1.807, 2.05) is 31.2 Å². The molecule has 0 amide bonds. The molecule has 1 N–H and O–H groups in total. The molecule has 23 heavy (non-hydrogen) atoms. The number of hydrogen-bond donors (Lipinski definition) is 1. The first kappa shape index (κ1) is 16.2. The van der Waals surface area contributed by atoms with Gasteiger partial charge in [0.2, 0.25) is 5.89 Å². The van der Waals surface area contributed by atoms with Crippen LogP contribution in [-0.4, -0.2) is 45.6 Å². The normalized spacial score (nSPS) is 16.6. The summed E-state index contributed by atoms with van der Waals surface area (Å²) in [6.45, 7) is 4.86. The van der Waals surface area contributed by atoms with Crippen LogP contribution in [0.25, 0.3) is 11.5 Å². The fraction of sp³-hybridized carbons (Fsp3) is 0.500. The van der Waals surface area contributed by atoms with E-state index in [0.29, 0.717) is 24.0 Å². The zero-order valence-corrected chi connectivity index (χ0v) is 14.0. The van der Waals surface area contributed by atoms with Gasteiger partial charge in [0.25, 0.3) is 4.84 Å². The van der Waals surface area contributed by atoms with Crippen molar-refractivity contribution in [2.24, 2.45) is 0 Å². The lowest BCUT2D eigenvalue weighted by molar-refractivity contribution is 0.0647. The molecule has 0 atom stereocenters. The fourth-order valence-electron chi connectivity index (χ4n) is 2.62. The number of rotatable bonds is 5. The summed E-state index contributed by atoms with van der Waals surface area (Å²) in [6.07, 6.45) is 1.39. The molecule has 7 heteroatoms. The van der Waals surface area contributed by atoms with Crippen LogP contribution in [0, 0.1) is 4.84 Å². The average molecular weight is 335 g/mol. The first-order valence-electron chi connectivity index (χ1n) is 7.87. The molecule has 0 unspecified atom stereocenters. The molecule has 1 aromatic carbocycles. The summed E-state index contributed by atoms with van der Waals surface area (Å²) >= 11 is 5.26. The standard InChI is InChI=1S/C16H21N3O3S/c1-2-21-14-5-3-12(4-6-14)15-17-19(16(23)22-15)11-18-9-7-13(20)8-10-18/h3-6,13,20H,2,7-11H2,1H3. The smallest absolute Gasteiger partial charge is 0.288 e.